The molecule has 2 N–H and O–H groups in total. The van der Waals surface area contributed by atoms with E-state index in [0.717, 1.165) is 25.3 Å². The van der Waals surface area contributed by atoms with Gasteiger partial charge in [-0.3, -0.25) is 0 Å². The average molecular weight is 283 g/mol. The number of nitrogens with zero attached hydrogens (tertiary/aromatic N) is 1. The second-order valence-corrected chi connectivity index (χ2v) is 6.75. The Balaban J connectivity index is 2.08. The van der Waals surface area contributed by atoms with Crippen LogP contribution in [0, 0.1) is 5.92 Å². The monoisotopic (exact) mass is 283 g/mol. The molecule has 106 valence electrons. The number of hydrogen-bond acceptors (Lipinski definition) is 4. The summed E-state index contributed by atoms with van der Waals surface area (Å²) < 4.78 is 25.6. The van der Waals surface area contributed by atoms with Gasteiger partial charge in [-0.15, -0.1) is 0 Å². The quantitative estimate of drug-likeness (QED) is 0.832. The number of nitrogens with one attached hydrogen (secondary N) is 2. The van der Waals surface area contributed by atoms with Crippen LogP contribution in [-0.4, -0.2) is 42.1 Å². The van der Waals surface area contributed by atoms with Crippen LogP contribution in [0.3, 0.4) is 0 Å². The zero-order valence-corrected chi connectivity index (χ0v) is 12.2. The van der Waals surface area contributed by atoms with Gasteiger partial charge in [0.25, 0.3) is 0 Å². The molecule has 0 aliphatic carbocycles. The topological polar surface area (TPSA) is 61.4 Å². The van der Waals surface area contributed by atoms with Crippen molar-refractivity contribution >= 4 is 15.7 Å². The van der Waals surface area contributed by atoms with Crippen LogP contribution >= 0.6 is 0 Å². The van der Waals surface area contributed by atoms with Crippen molar-refractivity contribution in [3.8, 4) is 0 Å². The van der Waals surface area contributed by atoms with Crippen LogP contribution in [0.1, 0.15) is 6.42 Å². The summed E-state index contributed by atoms with van der Waals surface area (Å²) in [5.41, 5.74) is 1.09. The summed E-state index contributed by atoms with van der Waals surface area (Å²) in [5.74, 6) is 0.672. The van der Waals surface area contributed by atoms with Gasteiger partial charge in [0.05, 0.1) is 4.90 Å². The minimum absolute atomic E-state index is 0.310. The molecule has 1 fully saturated rings. The zero-order chi connectivity index (χ0) is 13.9. The van der Waals surface area contributed by atoms with E-state index in [1.165, 1.54) is 13.5 Å². The fourth-order valence-electron chi connectivity index (χ4n) is 2.48. The van der Waals surface area contributed by atoms with Gasteiger partial charge in [0, 0.05) is 18.8 Å². The molecular formula is C13H21N3O2S. The number of rotatable bonds is 5. The Hall–Kier alpha value is -1.11. The Morgan fingerprint density at radius 2 is 1.95 bits per heavy atom. The smallest absolute Gasteiger partial charge is 0.240 e. The van der Waals surface area contributed by atoms with Crippen LogP contribution in [-0.2, 0) is 10.0 Å². The van der Waals surface area contributed by atoms with Crippen molar-refractivity contribution in [2.45, 2.75) is 11.3 Å². The third kappa shape index (κ3) is 3.26. The highest BCUT2D eigenvalue weighted by molar-refractivity contribution is 7.89. The van der Waals surface area contributed by atoms with E-state index in [-0.39, 0.29) is 0 Å². The van der Waals surface area contributed by atoms with Crippen molar-refractivity contribution < 1.29 is 8.42 Å². The Bertz CT molecular complexity index is 513. The summed E-state index contributed by atoms with van der Waals surface area (Å²) >= 11 is 0. The van der Waals surface area contributed by atoms with E-state index in [1.54, 1.807) is 12.1 Å². The fraction of sp³-hybridized carbons (Fsp3) is 0.538. The summed E-state index contributed by atoms with van der Waals surface area (Å²) in [6, 6.07) is 7.08. The van der Waals surface area contributed by atoms with E-state index < -0.39 is 10.0 Å². The van der Waals surface area contributed by atoms with E-state index in [9.17, 15) is 8.42 Å². The van der Waals surface area contributed by atoms with Crippen LogP contribution in [0.15, 0.2) is 29.2 Å². The van der Waals surface area contributed by atoms with E-state index >= 15 is 0 Å². The van der Waals surface area contributed by atoms with Gasteiger partial charge in [-0.2, -0.15) is 0 Å². The second-order valence-electron chi connectivity index (χ2n) is 4.86. The van der Waals surface area contributed by atoms with E-state index in [4.69, 9.17) is 0 Å². The molecule has 1 unspecified atom stereocenters. The molecule has 0 saturated carbocycles. The SMILES string of the molecule is CNCC1CCN(c2ccc(S(=O)(=O)NC)cc2)C1. The van der Waals surface area contributed by atoms with Gasteiger partial charge in [0.1, 0.15) is 0 Å². The number of anilines is 1. The summed E-state index contributed by atoms with van der Waals surface area (Å²) in [7, 11) is 0.0586. The molecule has 0 radical (unpaired) electrons. The lowest BCUT2D eigenvalue weighted by atomic mass is 10.1. The molecule has 1 aliphatic heterocycles. The van der Waals surface area contributed by atoms with E-state index in [0.29, 0.717) is 10.8 Å². The van der Waals surface area contributed by atoms with Crippen molar-refractivity contribution in [1.29, 1.82) is 0 Å². The molecule has 19 heavy (non-hydrogen) atoms. The van der Waals surface area contributed by atoms with Crippen molar-refractivity contribution in [2.24, 2.45) is 5.92 Å². The minimum atomic E-state index is -3.34. The predicted molar refractivity (Wildman–Crippen MR) is 76.9 cm³/mol. The minimum Gasteiger partial charge on any atom is -0.371 e. The van der Waals surface area contributed by atoms with Crippen LogP contribution in [0.5, 0.6) is 0 Å². The highest BCUT2D eigenvalue weighted by Crippen LogP contribution is 2.24. The summed E-state index contributed by atoms with van der Waals surface area (Å²) in [6.07, 6.45) is 1.18. The third-order valence-corrected chi connectivity index (χ3v) is 4.99. The molecule has 0 spiro atoms. The molecule has 1 saturated heterocycles. The summed E-state index contributed by atoms with van der Waals surface area (Å²) in [4.78, 5) is 2.61. The lowest BCUT2D eigenvalue weighted by molar-refractivity contribution is 0.549. The van der Waals surface area contributed by atoms with E-state index in [2.05, 4.69) is 14.9 Å². The molecule has 1 heterocycles. The summed E-state index contributed by atoms with van der Waals surface area (Å²) in [5, 5.41) is 3.20. The molecule has 5 nitrogen and oxygen atoms in total. The van der Waals surface area contributed by atoms with Gasteiger partial charge in [0.2, 0.25) is 10.0 Å². The molecule has 1 aliphatic rings. The molecule has 1 aromatic rings. The summed E-state index contributed by atoms with van der Waals surface area (Å²) in [6.45, 7) is 3.09. The van der Waals surface area contributed by atoms with Gasteiger partial charge in [0.15, 0.2) is 0 Å². The van der Waals surface area contributed by atoms with Gasteiger partial charge in [-0.25, -0.2) is 13.1 Å². The van der Waals surface area contributed by atoms with Gasteiger partial charge in [-0.1, -0.05) is 0 Å². The maximum Gasteiger partial charge on any atom is 0.240 e. The highest BCUT2D eigenvalue weighted by Gasteiger charge is 2.22. The maximum absolute atomic E-state index is 11.6. The van der Waals surface area contributed by atoms with Gasteiger partial charge >= 0.3 is 0 Å². The normalized spacial score (nSPS) is 19.9. The Morgan fingerprint density at radius 1 is 1.26 bits per heavy atom. The molecule has 2 rings (SSSR count). The van der Waals surface area contributed by atoms with Gasteiger partial charge < -0.3 is 10.2 Å². The Morgan fingerprint density at radius 3 is 2.53 bits per heavy atom. The first-order chi connectivity index (χ1) is 9.06. The first-order valence-corrected chi connectivity index (χ1v) is 7.98. The lowest BCUT2D eigenvalue weighted by Gasteiger charge is -2.19. The lowest BCUT2D eigenvalue weighted by Crippen LogP contribution is -2.24. The van der Waals surface area contributed by atoms with E-state index in [1.807, 2.05) is 19.2 Å². The van der Waals surface area contributed by atoms with Gasteiger partial charge in [-0.05, 0) is 57.2 Å². The zero-order valence-electron chi connectivity index (χ0n) is 11.4. The Labute approximate surface area is 115 Å². The Kier molecular flexibility index (Phi) is 4.44. The molecule has 0 aromatic heterocycles. The molecule has 0 bridgehead atoms. The van der Waals surface area contributed by atoms with Crippen molar-refractivity contribution in [1.82, 2.24) is 10.0 Å². The molecule has 1 aromatic carbocycles. The van der Waals surface area contributed by atoms with Crippen molar-refractivity contribution in [2.75, 3.05) is 38.6 Å². The largest absolute Gasteiger partial charge is 0.371 e. The van der Waals surface area contributed by atoms with Crippen LogP contribution < -0.4 is 14.9 Å². The van der Waals surface area contributed by atoms with Crippen LogP contribution in [0.4, 0.5) is 5.69 Å². The number of sulfonamides is 1. The number of hydrogen-bond donors (Lipinski definition) is 2. The highest BCUT2D eigenvalue weighted by atomic mass is 32.2. The molecule has 1 atom stereocenters. The first-order valence-electron chi connectivity index (χ1n) is 6.50. The molecular weight excluding hydrogens is 262 g/mol. The van der Waals surface area contributed by atoms with Crippen molar-refractivity contribution in [3.63, 3.8) is 0 Å². The second kappa shape index (κ2) is 5.90. The average Bonchev–Trinajstić information content (AvgIpc) is 2.88. The van der Waals surface area contributed by atoms with Crippen LogP contribution in [0.2, 0.25) is 0 Å². The first kappa shape index (κ1) is 14.3. The van der Waals surface area contributed by atoms with Crippen molar-refractivity contribution in [3.05, 3.63) is 24.3 Å². The number of benzene rings is 1. The molecule has 0 amide bonds. The fourth-order valence-corrected chi connectivity index (χ4v) is 3.21. The molecule has 6 heteroatoms. The maximum atomic E-state index is 11.6. The standard InChI is InChI=1S/C13H21N3O2S/c1-14-9-11-7-8-16(10-11)12-3-5-13(6-4-12)19(17,18)15-2/h3-6,11,14-15H,7-10H2,1-2H3. The third-order valence-electron chi connectivity index (χ3n) is 3.56. The van der Waals surface area contributed by atoms with Crippen LogP contribution in [0.25, 0.3) is 0 Å². The predicted octanol–water partition coefficient (Wildman–Crippen LogP) is 0.640.